The van der Waals surface area contributed by atoms with Gasteiger partial charge >= 0.3 is 0 Å². The SMILES string of the molecule is CCCn1cc(NCc2cnn(C(C)C)c2C)cn1. The largest absolute Gasteiger partial charge is 0.378 e. The molecule has 1 N–H and O–H groups in total. The molecule has 2 rings (SSSR count). The molecule has 0 fully saturated rings. The van der Waals surface area contributed by atoms with Crippen molar-refractivity contribution in [1.29, 1.82) is 0 Å². The summed E-state index contributed by atoms with van der Waals surface area (Å²) in [6.45, 7) is 10.3. The number of hydrogen-bond acceptors (Lipinski definition) is 3. The van der Waals surface area contributed by atoms with Gasteiger partial charge in [0.25, 0.3) is 0 Å². The van der Waals surface area contributed by atoms with Gasteiger partial charge in [0.05, 0.1) is 18.1 Å². The standard InChI is InChI=1S/C14H23N5/c1-5-6-18-10-14(9-16-18)15-7-13-8-17-19(11(2)3)12(13)4/h8-11,15H,5-7H2,1-4H3. The Kier molecular flexibility index (Phi) is 4.24. The minimum Gasteiger partial charge on any atom is -0.378 e. The number of aromatic nitrogens is 4. The van der Waals surface area contributed by atoms with Gasteiger partial charge in [0.2, 0.25) is 0 Å². The maximum atomic E-state index is 4.42. The monoisotopic (exact) mass is 261 g/mol. The van der Waals surface area contributed by atoms with Crippen molar-refractivity contribution in [2.45, 2.75) is 53.2 Å². The molecule has 0 amide bonds. The highest BCUT2D eigenvalue weighted by Gasteiger charge is 2.08. The average molecular weight is 261 g/mol. The van der Waals surface area contributed by atoms with E-state index in [2.05, 4.69) is 47.9 Å². The zero-order valence-electron chi connectivity index (χ0n) is 12.2. The second kappa shape index (κ2) is 5.91. The van der Waals surface area contributed by atoms with Crippen molar-refractivity contribution in [3.05, 3.63) is 29.8 Å². The van der Waals surface area contributed by atoms with Crippen molar-refractivity contribution in [2.75, 3.05) is 5.32 Å². The Hall–Kier alpha value is -1.78. The molecule has 0 aliphatic rings. The number of aryl methyl sites for hydroxylation is 1. The van der Waals surface area contributed by atoms with Gasteiger partial charge in [-0.15, -0.1) is 0 Å². The van der Waals surface area contributed by atoms with Crippen molar-refractivity contribution in [3.63, 3.8) is 0 Å². The molecule has 2 aromatic heterocycles. The number of nitrogens with zero attached hydrogens (tertiary/aromatic N) is 4. The van der Waals surface area contributed by atoms with E-state index in [0.29, 0.717) is 6.04 Å². The summed E-state index contributed by atoms with van der Waals surface area (Å²) in [5, 5.41) is 12.1. The lowest BCUT2D eigenvalue weighted by Crippen LogP contribution is -2.06. The molecule has 5 heteroatoms. The predicted molar refractivity (Wildman–Crippen MR) is 77.2 cm³/mol. The van der Waals surface area contributed by atoms with Crippen LogP contribution in [0.25, 0.3) is 0 Å². The third-order valence-electron chi connectivity index (χ3n) is 3.20. The molecule has 0 aliphatic heterocycles. The fraction of sp³-hybridized carbons (Fsp3) is 0.571. The van der Waals surface area contributed by atoms with Crippen LogP contribution in [0.1, 0.15) is 44.5 Å². The zero-order valence-corrected chi connectivity index (χ0v) is 12.2. The Morgan fingerprint density at radius 2 is 2.05 bits per heavy atom. The van der Waals surface area contributed by atoms with E-state index in [-0.39, 0.29) is 0 Å². The van der Waals surface area contributed by atoms with Gasteiger partial charge in [-0.3, -0.25) is 9.36 Å². The van der Waals surface area contributed by atoms with E-state index in [0.717, 1.165) is 25.2 Å². The van der Waals surface area contributed by atoms with Crippen LogP contribution in [-0.4, -0.2) is 19.6 Å². The van der Waals surface area contributed by atoms with Crippen molar-refractivity contribution < 1.29 is 0 Å². The maximum absolute atomic E-state index is 4.42. The molecule has 0 atom stereocenters. The smallest absolute Gasteiger partial charge is 0.0729 e. The Labute approximate surface area is 114 Å². The second-order valence-electron chi connectivity index (χ2n) is 5.14. The Balaban J connectivity index is 1.98. The molecule has 0 bridgehead atoms. The summed E-state index contributed by atoms with van der Waals surface area (Å²) < 4.78 is 4.02. The predicted octanol–water partition coefficient (Wildman–Crippen LogP) is 2.99. The molecule has 0 radical (unpaired) electrons. The van der Waals surface area contributed by atoms with Crippen LogP contribution in [0.2, 0.25) is 0 Å². The van der Waals surface area contributed by atoms with Crippen LogP contribution < -0.4 is 5.32 Å². The average Bonchev–Trinajstić information content (AvgIpc) is 2.94. The lowest BCUT2D eigenvalue weighted by atomic mass is 10.2. The topological polar surface area (TPSA) is 47.7 Å². The minimum atomic E-state index is 0.404. The number of nitrogens with one attached hydrogen (secondary N) is 1. The molecule has 2 heterocycles. The molecule has 2 aromatic rings. The normalized spacial score (nSPS) is 11.2. The van der Waals surface area contributed by atoms with E-state index in [1.54, 1.807) is 0 Å². The van der Waals surface area contributed by atoms with E-state index in [1.807, 2.05) is 23.3 Å². The van der Waals surface area contributed by atoms with Gasteiger partial charge in [-0.25, -0.2) is 0 Å². The van der Waals surface area contributed by atoms with E-state index in [9.17, 15) is 0 Å². The molecule has 104 valence electrons. The van der Waals surface area contributed by atoms with Crippen molar-refractivity contribution in [3.8, 4) is 0 Å². The number of rotatable bonds is 6. The van der Waals surface area contributed by atoms with E-state index in [4.69, 9.17) is 0 Å². The van der Waals surface area contributed by atoms with Gasteiger partial charge in [0, 0.05) is 36.6 Å². The maximum Gasteiger partial charge on any atom is 0.0729 e. The van der Waals surface area contributed by atoms with Gasteiger partial charge < -0.3 is 5.32 Å². The van der Waals surface area contributed by atoms with Gasteiger partial charge in [-0.05, 0) is 27.2 Å². The van der Waals surface area contributed by atoms with E-state index in [1.165, 1.54) is 11.3 Å². The molecule has 0 saturated carbocycles. The first-order valence-corrected chi connectivity index (χ1v) is 6.91. The van der Waals surface area contributed by atoms with Crippen molar-refractivity contribution in [1.82, 2.24) is 19.6 Å². The van der Waals surface area contributed by atoms with Crippen LogP contribution in [0.4, 0.5) is 5.69 Å². The zero-order chi connectivity index (χ0) is 13.8. The molecule has 5 nitrogen and oxygen atoms in total. The van der Waals surface area contributed by atoms with E-state index < -0.39 is 0 Å². The molecular formula is C14H23N5. The fourth-order valence-electron chi connectivity index (χ4n) is 2.16. The lowest BCUT2D eigenvalue weighted by molar-refractivity contribution is 0.518. The Morgan fingerprint density at radius 3 is 2.68 bits per heavy atom. The lowest BCUT2D eigenvalue weighted by Gasteiger charge is -2.09. The van der Waals surface area contributed by atoms with Gasteiger partial charge in [0.15, 0.2) is 0 Å². The molecular weight excluding hydrogens is 238 g/mol. The van der Waals surface area contributed by atoms with Crippen LogP contribution in [0.15, 0.2) is 18.6 Å². The number of anilines is 1. The summed E-state index contributed by atoms with van der Waals surface area (Å²) in [4.78, 5) is 0. The van der Waals surface area contributed by atoms with Crippen LogP contribution in [0.3, 0.4) is 0 Å². The molecule has 0 saturated heterocycles. The van der Waals surface area contributed by atoms with E-state index >= 15 is 0 Å². The molecule has 0 aliphatic carbocycles. The summed E-state index contributed by atoms with van der Waals surface area (Å²) in [7, 11) is 0. The highest BCUT2D eigenvalue weighted by molar-refractivity contribution is 5.39. The van der Waals surface area contributed by atoms with Crippen LogP contribution >= 0.6 is 0 Å². The summed E-state index contributed by atoms with van der Waals surface area (Å²) in [5.74, 6) is 0. The summed E-state index contributed by atoms with van der Waals surface area (Å²) >= 11 is 0. The number of hydrogen-bond donors (Lipinski definition) is 1. The van der Waals surface area contributed by atoms with Crippen LogP contribution in [-0.2, 0) is 13.1 Å². The third kappa shape index (κ3) is 3.16. The Bertz CT molecular complexity index is 524. The molecule has 19 heavy (non-hydrogen) atoms. The third-order valence-corrected chi connectivity index (χ3v) is 3.20. The Morgan fingerprint density at radius 1 is 1.26 bits per heavy atom. The highest BCUT2D eigenvalue weighted by atomic mass is 15.3. The fourth-order valence-corrected chi connectivity index (χ4v) is 2.16. The van der Waals surface area contributed by atoms with Gasteiger partial charge in [0.1, 0.15) is 0 Å². The second-order valence-corrected chi connectivity index (χ2v) is 5.14. The highest BCUT2D eigenvalue weighted by Crippen LogP contribution is 2.14. The molecule has 0 unspecified atom stereocenters. The summed E-state index contributed by atoms with van der Waals surface area (Å²) in [6, 6.07) is 0.404. The summed E-state index contributed by atoms with van der Waals surface area (Å²) in [6.07, 6.45) is 6.96. The first-order chi connectivity index (χ1) is 9.11. The first kappa shape index (κ1) is 13.6. The van der Waals surface area contributed by atoms with Gasteiger partial charge in [-0.1, -0.05) is 6.92 Å². The molecule has 0 spiro atoms. The van der Waals surface area contributed by atoms with Crippen molar-refractivity contribution >= 4 is 5.69 Å². The first-order valence-electron chi connectivity index (χ1n) is 6.91. The van der Waals surface area contributed by atoms with Gasteiger partial charge in [-0.2, -0.15) is 10.2 Å². The quantitative estimate of drug-likeness (QED) is 0.869. The summed E-state index contributed by atoms with van der Waals surface area (Å²) in [5.41, 5.74) is 3.52. The minimum absolute atomic E-state index is 0.404. The van der Waals surface area contributed by atoms with Crippen LogP contribution in [0, 0.1) is 6.92 Å². The van der Waals surface area contributed by atoms with Crippen LogP contribution in [0.5, 0.6) is 0 Å². The van der Waals surface area contributed by atoms with Crippen molar-refractivity contribution in [2.24, 2.45) is 0 Å². The molecule has 0 aromatic carbocycles.